The van der Waals surface area contributed by atoms with Gasteiger partial charge in [0.05, 0.1) is 5.41 Å². The van der Waals surface area contributed by atoms with E-state index in [2.05, 4.69) is 0 Å². The molecule has 13 heavy (non-hydrogen) atoms. The molecule has 0 aromatic rings. The second kappa shape index (κ2) is 3.55. The molecule has 0 aliphatic carbocycles. The number of carbonyl (C=O) groups excluding carboxylic acids is 1. The fourth-order valence-electron chi connectivity index (χ4n) is 0.642. The van der Waals surface area contributed by atoms with Gasteiger partial charge in [0, 0.05) is 0 Å². The van der Waals surface area contributed by atoms with Crippen LogP contribution in [0.2, 0.25) is 0 Å². The Morgan fingerprint density at radius 2 is 1.77 bits per heavy atom. The summed E-state index contributed by atoms with van der Waals surface area (Å²) < 4.78 is 24.6. The SMILES string of the molecule is CC(C)(C(=O)NO)C(C)(O)C(F)F. The molecular formula is C7H13F2NO3. The lowest BCUT2D eigenvalue weighted by Gasteiger charge is -2.36. The number of halogens is 2. The third kappa shape index (κ3) is 1.94. The van der Waals surface area contributed by atoms with Gasteiger partial charge in [-0.25, -0.2) is 14.3 Å². The van der Waals surface area contributed by atoms with Gasteiger partial charge in [-0.05, 0) is 20.8 Å². The standard InChI is InChI=1S/C7H13F2NO3/c1-6(2,5(11)10-13)7(3,12)4(8)9/h4,12-13H,1-3H3,(H,10,11). The van der Waals surface area contributed by atoms with Crippen LogP contribution < -0.4 is 5.48 Å². The van der Waals surface area contributed by atoms with E-state index in [0.29, 0.717) is 0 Å². The van der Waals surface area contributed by atoms with Crippen LogP contribution >= 0.6 is 0 Å². The van der Waals surface area contributed by atoms with Crippen molar-refractivity contribution in [3.63, 3.8) is 0 Å². The Kier molecular flexibility index (Phi) is 3.34. The van der Waals surface area contributed by atoms with E-state index in [1.165, 1.54) is 5.48 Å². The first-order valence-electron chi connectivity index (χ1n) is 3.63. The molecule has 0 aromatic carbocycles. The highest BCUT2D eigenvalue weighted by Gasteiger charge is 2.51. The highest BCUT2D eigenvalue weighted by Crippen LogP contribution is 2.35. The summed E-state index contributed by atoms with van der Waals surface area (Å²) in [6, 6.07) is 0. The van der Waals surface area contributed by atoms with Crippen LogP contribution in [0, 0.1) is 5.41 Å². The molecule has 0 bridgehead atoms. The molecule has 0 saturated heterocycles. The van der Waals surface area contributed by atoms with Gasteiger partial charge in [-0.1, -0.05) is 0 Å². The quantitative estimate of drug-likeness (QED) is 0.456. The first kappa shape index (κ1) is 12.2. The minimum atomic E-state index is -3.07. The van der Waals surface area contributed by atoms with Crippen LogP contribution in [0.3, 0.4) is 0 Å². The highest BCUT2D eigenvalue weighted by molar-refractivity contribution is 5.82. The van der Waals surface area contributed by atoms with E-state index in [9.17, 15) is 18.7 Å². The summed E-state index contributed by atoms with van der Waals surface area (Å²) in [5.41, 5.74) is -3.02. The zero-order valence-electron chi connectivity index (χ0n) is 7.64. The van der Waals surface area contributed by atoms with Crippen LogP contribution in [-0.2, 0) is 4.79 Å². The van der Waals surface area contributed by atoms with Gasteiger partial charge in [-0.15, -0.1) is 0 Å². The molecule has 0 saturated carbocycles. The fraction of sp³-hybridized carbons (Fsp3) is 0.857. The second-order valence-corrected chi connectivity index (χ2v) is 3.51. The number of hydrogen-bond donors (Lipinski definition) is 3. The lowest BCUT2D eigenvalue weighted by Crippen LogP contribution is -2.55. The van der Waals surface area contributed by atoms with E-state index in [1.807, 2.05) is 0 Å². The minimum Gasteiger partial charge on any atom is -0.383 e. The van der Waals surface area contributed by atoms with Crippen LogP contribution in [0.5, 0.6) is 0 Å². The smallest absolute Gasteiger partial charge is 0.267 e. The molecule has 0 radical (unpaired) electrons. The van der Waals surface area contributed by atoms with Crippen molar-refractivity contribution in [2.45, 2.75) is 32.8 Å². The van der Waals surface area contributed by atoms with Gasteiger partial charge in [-0.3, -0.25) is 10.0 Å². The predicted octanol–water partition coefficient (Wildman–Crippen LogP) is 0.534. The molecule has 4 nitrogen and oxygen atoms in total. The van der Waals surface area contributed by atoms with Crippen molar-refractivity contribution in [1.82, 2.24) is 5.48 Å². The van der Waals surface area contributed by atoms with E-state index < -0.39 is 23.3 Å². The van der Waals surface area contributed by atoms with Crippen LogP contribution in [-0.4, -0.2) is 28.2 Å². The van der Waals surface area contributed by atoms with Gasteiger partial charge in [0.15, 0.2) is 0 Å². The number of aliphatic hydroxyl groups is 1. The molecule has 0 aromatic heterocycles. The van der Waals surface area contributed by atoms with Gasteiger partial charge in [0.2, 0.25) is 0 Å². The van der Waals surface area contributed by atoms with Gasteiger partial charge < -0.3 is 5.11 Å². The van der Waals surface area contributed by atoms with E-state index in [-0.39, 0.29) is 0 Å². The average Bonchev–Trinajstić information content (AvgIpc) is 2.02. The Morgan fingerprint density at radius 1 is 1.38 bits per heavy atom. The molecule has 1 unspecified atom stereocenters. The number of alkyl halides is 2. The Bertz CT molecular complexity index is 204. The Labute approximate surface area is 74.5 Å². The van der Waals surface area contributed by atoms with Crippen LogP contribution in [0.4, 0.5) is 8.78 Å². The summed E-state index contributed by atoms with van der Waals surface area (Å²) in [7, 11) is 0. The van der Waals surface area contributed by atoms with E-state index in [0.717, 1.165) is 20.8 Å². The number of amides is 1. The predicted molar refractivity (Wildman–Crippen MR) is 40.3 cm³/mol. The second-order valence-electron chi connectivity index (χ2n) is 3.51. The molecule has 0 rings (SSSR count). The number of carbonyl (C=O) groups is 1. The maximum atomic E-state index is 12.3. The normalized spacial score (nSPS) is 16.9. The maximum absolute atomic E-state index is 12.3. The molecule has 6 heteroatoms. The average molecular weight is 197 g/mol. The summed E-state index contributed by atoms with van der Waals surface area (Å²) in [4.78, 5) is 10.9. The van der Waals surface area contributed by atoms with Gasteiger partial charge in [0.25, 0.3) is 12.3 Å². The molecule has 1 amide bonds. The molecular weight excluding hydrogens is 184 g/mol. The van der Waals surface area contributed by atoms with E-state index in [1.54, 1.807) is 0 Å². The monoisotopic (exact) mass is 197 g/mol. The number of rotatable bonds is 3. The van der Waals surface area contributed by atoms with Crippen molar-refractivity contribution in [2.24, 2.45) is 5.41 Å². The van der Waals surface area contributed by atoms with Crippen LogP contribution in [0.15, 0.2) is 0 Å². The minimum absolute atomic E-state index is 0.840. The van der Waals surface area contributed by atoms with Crippen molar-refractivity contribution < 1.29 is 23.9 Å². The van der Waals surface area contributed by atoms with Crippen molar-refractivity contribution in [3.8, 4) is 0 Å². The summed E-state index contributed by atoms with van der Waals surface area (Å²) in [5.74, 6) is -1.06. The van der Waals surface area contributed by atoms with Crippen molar-refractivity contribution >= 4 is 5.91 Å². The Morgan fingerprint density at radius 3 is 2.00 bits per heavy atom. The topological polar surface area (TPSA) is 69.6 Å². The zero-order valence-corrected chi connectivity index (χ0v) is 7.64. The molecule has 0 spiro atoms. The van der Waals surface area contributed by atoms with Crippen LogP contribution in [0.1, 0.15) is 20.8 Å². The van der Waals surface area contributed by atoms with E-state index in [4.69, 9.17) is 5.21 Å². The summed E-state index contributed by atoms with van der Waals surface area (Å²) in [5, 5.41) is 17.6. The summed E-state index contributed by atoms with van der Waals surface area (Å²) >= 11 is 0. The molecule has 78 valence electrons. The van der Waals surface area contributed by atoms with Gasteiger partial charge in [0.1, 0.15) is 5.60 Å². The molecule has 0 aliphatic heterocycles. The molecule has 3 N–H and O–H groups in total. The summed E-state index contributed by atoms with van der Waals surface area (Å²) in [6.07, 6.45) is -3.07. The first-order chi connectivity index (χ1) is 5.67. The van der Waals surface area contributed by atoms with Crippen LogP contribution in [0.25, 0.3) is 0 Å². The summed E-state index contributed by atoms with van der Waals surface area (Å²) in [6.45, 7) is 3.07. The Balaban J connectivity index is 4.91. The van der Waals surface area contributed by atoms with Gasteiger partial charge in [-0.2, -0.15) is 0 Å². The molecule has 0 heterocycles. The largest absolute Gasteiger partial charge is 0.383 e. The van der Waals surface area contributed by atoms with Crippen molar-refractivity contribution in [2.75, 3.05) is 0 Å². The molecule has 0 fully saturated rings. The molecule has 0 aliphatic rings. The lowest BCUT2D eigenvalue weighted by molar-refractivity contribution is -0.177. The lowest BCUT2D eigenvalue weighted by atomic mass is 9.75. The number of hydrogen-bond acceptors (Lipinski definition) is 3. The van der Waals surface area contributed by atoms with Crippen molar-refractivity contribution in [1.29, 1.82) is 0 Å². The Hall–Kier alpha value is -0.750. The highest BCUT2D eigenvalue weighted by atomic mass is 19.3. The first-order valence-corrected chi connectivity index (χ1v) is 3.63. The number of hydroxylamine groups is 1. The van der Waals surface area contributed by atoms with E-state index >= 15 is 0 Å². The maximum Gasteiger partial charge on any atom is 0.267 e. The third-order valence-corrected chi connectivity index (χ3v) is 2.36. The number of nitrogens with one attached hydrogen (secondary N) is 1. The van der Waals surface area contributed by atoms with Gasteiger partial charge >= 0.3 is 0 Å². The van der Waals surface area contributed by atoms with Crippen molar-refractivity contribution in [3.05, 3.63) is 0 Å². The third-order valence-electron chi connectivity index (χ3n) is 2.36. The molecule has 1 atom stereocenters. The fourth-order valence-corrected chi connectivity index (χ4v) is 0.642. The zero-order chi connectivity index (χ0) is 10.9.